The zero-order valence-corrected chi connectivity index (χ0v) is 13.4. The molecule has 1 aromatic heterocycles. The van der Waals surface area contributed by atoms with E-state index in [4.69, 9.17) is 16.3 Å². The van der Waals surface area contributed by atoms with Crippen LogP contribution in [0.3, 0.4) is 0 Å². The number of rotatable bonds is 3. The molecule has 6 heteroatoms. The number of nitrogens with one attached hydrogen (secondary N) is 1. The molecule has 0 saturated carbocycles. The number of hydrogen-bond donors (Lipinski definition) is 1. The van der Waals surface area contributed by atoms with Gasteiger partial charge in [0, 0.05) is 7.05 Å². The summed E-state index contributed by atoms with van der Waals surface area (Å²) >= 11 is 9.65. The van der Waals surface area contributed by atoms with E-state index in [1.807, 2.05) is 36.4 Å². The number of ether oxygens (including phenoxy) is 1. The highest BCUT2D eigenvalue weighted by Crippen LogP contribution is 2.37. The summed E-state index contributed by atoms with van der Waals surface area (Å²) in [6.07, 6.45) is 1.50. The Balaban J connectivity index is 2.04. The monoisotopic (exact) mass is 363 g/mol. The molecule has 0 radical (unpaired) electrons. The van der Waals surface area contributed by atoms with Crippen molar-refractivity contribution in [1.29, 1.82) is 0 Å². The van der Waals surface area contributed by atoms with Crippen LogP contribution in [-0.4, -0.2) is 17.0 Å². The van der Waals surface area contributed by atoms with Crippen molar-refractivity contribution in [3.05, 3.63) is 52.1 Å². The number of benzene rings is 2. The summed E-state index contributed by atoms with van der Waals surface area (Å²) in [5.74, 6) is 1.41. The first-order valence-electron chi connectivity index (χ1n) is 6.24. The largest absolute Gasteiger partial charge is 0.436 e. The van der Waals surface area contributed by atoms with Gasteiger partial charge >= 0.3 is 0 Å². The normalized spacial score (nSPS) is 10.6. The van der Waals surface area contributed by atoms with Crippen LogP contribution in [0.15, 0.2) is 47.1 Å². The molecule has 0 aliphatic heterocycles. The Morgan fingerprint density at radius 2 is 2.00 bits per heavy atom. The van der Waals surface area contributed by atoms with E-state index in [1.54, 1.807) is 7.05 Å². The van der Waals surface area contributed by atoms with Gasteiger partial charge in [-0.1, -0.05) is 41.9 Å². The standard InChI is InChI=1S/C15H11BrClN3O/c1-18-15-19-8-11(17)14(20-15)21-12-7-6-9-4-2-3-5-10(9)13(12)16/h2-8H,1H3,(H,18,19,20). The van der Waals surface area contributed by atoms with Crippen LogP contribution < -0.4 is 10.1 Å². The summed E-state index contributed by atoms with van der Waals surface area (Å²) in [6, 6.07) is 11.9. The fourth-order valence-electron chi connectivity index (χ4n) is 1.94. The summed E-state index contributed by atoms with van der Waals surface area (Å²) in [4.78, 5) is 8.24. The molecule has 0 unspecified atom stereocenters. The minimum Gasteiger partial charge on any atom is -0.436 e. The van der Waals surface area contributed by atoms with Gasteiger partial charge < -0.3 is 10.1 Å². The van der Waals surface area contributed by atoms with Crippen molar-refractivity contribution in [2.75, 3.05) is 12.4 Å². The van der Waals surface area contributed by atoms with E-state index < -0.39 is 0 Å². The molecule has 0 atom stereocenters. The molecule has 0 bridgehead atoms. The SMILES string of the molecule is CNc1ncc(Cl)c(Oc2ccc3ccccc3c2Br)n1. The van der Waals surface area contributed by atoms with Crippen molar-refractivity contribution < 1.29 is 4.74 Å². The van der Waals surface area contributed by atoms with Crippen molar-refractivity contribution in [3.8, 4) is 11.6 Å². The Morgan fingerprint density at radius 3 is 2.81 bits per heavy atom. The molecule has 3 aromatic rings. The summed E-state index contributed by atoms with van der Waals surface area (Å²) < 4.78 is 6.68. The molecular formula is C15H11BrClN3O. The van der Waals surface area contributed by atoms with E-state index in [9.17, 15) is 0 Å². The van der Waals surface area contributed by atoms with Gasteiger partial charge in [0.25, 0.3) is 0 Å². The second-order valence-electron chi connectivity index (χ2n) is 4.30. The average molecular weight is 365 g/mol. The molecule has 1 N–H and O–H groups in total. The van der Waals surface area contributed by atoms with Gasteiger partial charge in [0.05, 0.1) is 10.7 Å². The fraction of sp³-hybridized carbons (Fsp3) is 0.0667. The quantitative estimate of drug-likeness (QED) is 0.719. The summed E-state index contributed by atoms with van der Waals surface area (Å²) in [5, 5.41) is 5.40. The van der Waals surface area contributed by atoms with Crippen LogP contribution in [0.25, 0.3) is 10.8 Å². The molecular weight excluding hydrogens is 354 g/mol. The minimum absolute atomic E-state index is 0.312. The summed E-state index contributed by atoms with van der Waals surface area (Å²) in [7, 11) is 1.74. The lowest BCUT2D eigenvalue weighted by Gasteiger charge is -2.11. The Morgan fingerprint density at radius 1 is 1.19 bits per heavy atom. The van der Waals surface area contributed by atoms with Crippen molar-refractivity contribution >= 4 is 44.3 Å². The first-order chi connectivity index (χ1) is 10.2. The van der Waals surface area contributed by atoms with Crippen LogP contribution in [0.4, 0.5) is 5.95 Å². The maximum Gasteiger partial charge on any atom is 0.243 e. The molecule has 0 aliphatic rings. The Labute approximate surface area is 135 Å². The number of hydrogen-bond acceptors (Lipinski definition) is 4. The van der Waals surface area contributed by atoms with Gasteiger partial charge in [0.15, 0.2) is 0 Å². The second-order valence-corrected chi connectivity index (χ2v) is 5.50. The fourth-order valence-corrected chi connectivity index (χ4v) is 2.64. The number of anilines is 1. The van der Waals surface area contributed by atoms with Gasteiger partial charge in [-0.25, -0.2) is 4.98 Å². The van der Waals surface area contributed by atoms with Crippen LogP contribution in [0.2, 0.25) is 5.02 Å². The summed E-state index contributed by atoms with van der Waals surface area (Å²) in [5.41, 5.74) is 0. The molecule has 0 amide bonds. The Hall–Kier alpha value is -1.85. The van der Waals surface area contributed by atoms with E-state index in [0.29, 0.717) is 22.6 Å². The van der Waals surface area contributed by atoms with Gasteiger partial charge in [-0.2, -0.15) is 4.98 Å². The third kappa shape index (κ3) is 2.80. The summed E-state index contributed by atoms with van der Waals surface area (Å²) in [6.45, 7) is 0. The van der Waals surface area contributed by atoms with E-state index in [-0.39, 0.29) is 0 Å². The maximum absolute atomic E-state index is 6.08. The lowest BCUT2D eigenvalue weighted by atomic mass is 10.1. The predicted molar refractivity (Wildman–Crippen MR) is 88.3 cm³/mol. The van der Waals surface area contributed by atoms with Crippen LogP contribution >= 0.6 is 27.5 Å². The molecule has 4 nitrogen and oxygen atoms in total. The number of halogens is 2. The smallest absolute Gasteiger partial charge is 0.243 e. The van der Waals surface area contributed by atoms with E-state index >= 15 is 0 Å². The van der Waals surface area contributed by atoms with Crippen molar-refractivity contribution in [2.24, 2.45) is 0 Å². The third-order valence-corrected chi connectivity index (χ3v) is 4.05. The molecule has 3 rings (SSSR count). The molecule has 0 spiro atoms. The van der Waals surface area contributed by atoms with Gasteiger partial charge in [0.1, 0.15) is 10.8 Å². The number of aromatic nitrogens is 2. The van der Waals surface area contributed by atoms with Gasteiger partial charge in [-0.3, -0.25) is 0 Å². The lowest BCUT2D eigenvalue weighted by Crippen LogP contribution is -1.98. The molecule has 0 fully saturated rings. The molecule has 2 aromatic carbocycles. The molecule has 0 aliphatic carbocycles. The van der Waals surface area contributed by atoms with Crippen molar-refractivity contribution in [3.63, 3.8) is 0 Å². The van der Waals surface area contributed by atoms with Crippen LogP contribution in [0, 0.1) is 0 Å². The van der Waals surface area contributed by atoms with E-state index in [2.05, 4.69) is 31.2 Å². The first-order valence-corrected chi connectivity index (χ1v) is 7.41. The maximum atomic E-state index is 6.08. The zero-order chi connectivity index (χ0) is 14.8. The van der Waals surface area contributed by atoms with E-state index in [0.717, 1.165) is 15.2 Å². The predicted octanol–water partition coefficient (Wildman–Crippen LogP) is 4.88. The van der Waals surface area contributed by atoms with Crippen molar-refractivity contribution in [2.45, 2.75) is 0 Å². The van der Waals surface area contributed by atoms with Crippen LogP contribution in [0.5, 0.6) is 11.6 Å². The average Bonchev–Trinajstić information content (AvgIpc) is 2.52. The first kappa shape index (κ1) is 14.1. The molecule has 0 saturated heterocycles. The Kier molecular flexibility index (Phi) is 3.94. The van der Waals surface area contributed by atoms with Gasteiger partial charge in [-0.05, 0) is 32.8 Å². The second kappa shape index (κ2) is 5.87. The Bertz CT molecular complexity index is 810. The molecule has 21 heavy (non-hydrogen) atoms. The topological polar surface area (TPSA) is 47.0 Å². The molecule has 1 heterocycles. The highest BCUT2D eigenvalue weighted by atomic mass is 79.9. The van der Waals surface area contributed by atoms with Crippen LogP contribution in [0.1, 0.15) is 0 Å². The number of nitrogens with zero attached hydrogens (tertiary/aromatic N) is 2. The van der Waals surface area contributed by atoms with Crippen molar-refractivity contribution in [1.82, 2.24) is 9.97 Å². The minimum atomic E-state index is 0.312. The zero-order valence-electron chi connectivity index (χ0n) is 11.1. The highest BCUT2D eigenvalue weighted by Gasteiger charge is 2.11. The highest BCUT2D eigenvalue weighted by molar-refractivity contribution is 9.10. The van der Waals surface area contributed by atoms with E-state index in [1.165, 1.54) is 6.20 Å². The molecule has 106 valence electrons. The van der Waals surface area contributed by atoms with Gasteiger partial charge in [0.2, 0.25) is 11.8 Å². The van der Waals surface area contributed by atoms with Crippen LogP contribution in [-0.2, 0) is 0 Å². The lowest BCUT2D eigenvalue weighted by molar-refractivity contribution is 0.461. The van der Waals surface area contributed by atoms with Gasteiger partial charge in [-0.15, -0.1) is 0 Å². The third-order valence-electron chi connectivity index (χ3n) is 2.97. The number of fused-ring (bicyclic) bond motifs is 1.